The van der Waals surface area contributed by atoms with E-state index in [1.807, 2.05) is 0 Å². The van der Waals surface area contributed by atoms with Gasteiger partial charge in [0.1, 0.15) is 5.82 Å². The zero-order valence-corrected chi connectivity index (χ0v) is 12.4. The van der Waals surface area contributed by atoms with Crippen LogP contribution < -0.4 is 5.69 Å². The molecule has 0 amide bonds. The Balaban J connectivity index is 2.50. The van der Waals surface area contributed by atoms with Crippen molar-refractivity contribution in [2.45, 2.75) is 39.5 Å². The molecule has 2 aromatic rings. The first kappa shape index (κ1) is 15.1. The monoisotopic (exact) mass is 293 g/mol. The summed E-state index contributed by atoms with van der Waals surface area (Å²) in [5.41, 5.74) is -0.654. The third-order valence-corrected chi connectivity index (χ3v) is 3.45. The van der Waals surface area contributed by atoms with Crippen molar-refractivity contribution in [3.05, 3.63) is 22.0 Å². The fourth-order valence-corrected chi connectivity index (χ4v) is 2.29. The number of aryl methyl sites for hydroxylation is 1. The number of hydrogen-bond donors (Lipinski definition) is 1. The molecule has 0 saturated heterocycles. The predicted octanol–water partition coefficient (Wildman–Crippen LogP) is 0.890. The van der Waals surface area contributed by atoms with Crippen LogP contribution in [0.4, 0.5) is 0 Å². The summed E-state index contributed by atoms with van der Waals surface area (Å²) in [6.45, 7) is 4.18. The van der Waals surface area contributed by atoms with E-state index in [9.17, 15) is 14.7 Å². The minimum absolute atomic E-state index is 0.00305. The summed E-state index contributed by atoms with van der Waals surface area (Å²) in [5.74, 6) is -0.459. The van der Waals surface area contributed by atoms with Crippen LogP contribution in [-0.4, -0.2) is 35.5 Å². The van der Waals surface area contributed by atoms with Crippen LogP contribution in [-0.2, 0) is 13.5 Å². The highest BCUT2D eigenvalue weighted by molar-refractivity contribution is 5.92. The fourth-order valence-electron chi connectivity index (χ4n) is 2.29. The molecule has 1 atom stereocenters. The number of aromatic nitrogens is 5. The number of unbranched alkanes of at least 4 members (excludes halogenated alkanes) is 1. The molecule has 0 aliphatic heterocycles. The van der Waals surface area contributed by atoms with Crippen molar-refractivity contribution in [1.29, 1.82) is 0 Å². The van der Waals surface area contributed by atoms with Crippen molar-refractivity contribution in [2.75, 3.05) is 0 Å². The molecule has 0 aliphatic carbocycles. The Labute approximate surface area is 121 Å². The van der Waals surface area contributed by atoms with Crippen LogP contribution in [0, 0.1) is 5.92 Å². The molecule has 1 N–H and O–H groups in total. The van der Waals surface area contributed by atoms with E-state index < -0.39 is 11.7 Å². The lowest BCUT2D eigenvalue weighted by Crippen LogP contribution is -2.29. The number of imidazole rings is 1. The van der Waals surface area contributed by atoms with Crippen molar-refractivity contribution >= 4 is 11.6 Å². The maximum atomic E-state index is 12.2. The second kappa shape index (κ2) is 6.02. The van der Waals surface area contributed by atoms with E-state index in [1.165, 1.54) is 11.4 Å². The van der Waals surface area contributed by atoms with E-state index in [-0.39, 0.29) is 11.3 Å². The van der Waals surface area contributed by atoms with Crippen LogP contribution in [0.3, 0.4) is 0 Å². The molecule has 2 rings (SSSR count). The predicted molar refractivity (Wildman–Crippen MR) is 75.4 cm³/mol. The molecule has 8 nitrogen and oxygen atoms in total. The van der Waals surface area contributed by atoms with E-state index in [4.69, 9.17) is 0 Å². The lowest BCUT2D eigenvalue weighted by Gasteiger charge is -2.09. The second-order valence-electron chi connectivity index (χ2n) is 5.29. The molecule has 8 heteroatoms. The first-order chi connectivity index (χ1) is 9.95. The highest BCUT2D eigenvalue weighted by Gasteiger charge is 2.22. The van der Waals surface area contributed by atoms with Crippen LogP contribution in [0.1, 0.15) is 49.4 Å². The first-order valence-corrected chi connectivity index (χ1v) is 7.00. The van der Waals surface area contributed by atoms with Crippen molar-refractivity contribution in [2.24, 2.45) is 13.0 Å². The quantitative estimate of drug-likeness (QED) is 0.848. The van der Waals surface area contributed by atoms with Gasteiger partial charge in [0, 0.05) is 13.5 Å². The molecule has 114 valence electrons. The standard InChI is InChI=1S/C13H19N5O3/c1-4-5-6-8(2)7-9-14-10(12(19)20)11-15-16-17(3)13(21)18(9)11/h8H,4-7H2,1-3H3,(H,19,20). The van der Waals surface area contributed by atoms with Gasteiger partial charge in [0.2, 0.25) is 0 Å². The molecule has 0 fully saturated rings. The summed E-state index contributed by atoms with van der Waals surface area (Å²) < 4.78 is 2.32. The average molecular weight is 293 g/mol. The molecule has 1 unspecified atom stereocenters. The van der Waals surface area contributed by atoms with E-state index in [1.54, 1.807) is 0 Å². The van der Waals surface area contributed by atoms with Gasteiger partial charge in [0.15, 0.2) is 11.3 Å². The smallest absolute Gasteiger partial charge is 0.358 e. The van der Waals surface area contributed by atoms with Crippen LogP contribution in [0.2, 0.25) is 0 Å². The number of carboxylic acids is 1. The lowest BCUT2D eigenvalue weighted by molar-refractivity contribution is 0.0692. The maximum absolute atomic E-state index is 12.2. The van der Waals surface area contributed by atoms with Crippen molar-refractivity contribution in [1.82, 2.24) is 24.4 Å². The van der Waals surface area contributed by atoms with Gasteiger partial charge in [-0.25, -0.2) is 19.0 Å². The second-order valence-corrected chi connectivity index (χ2v) is 5.29. The van der Waals surface area contributed by atoms with Gasteiger partial charge < -0.3 is 5.11 Å². The molecule has 2 aromatic heterocycles. The van der Waals surface area contributed by atoms with Crippen LogP contribution in [0.25, 0.3) is 5.65 Å². The Morgan fingerprint density at radius 3 is 2.76 bits per heavy atom. The number of rotatable bonds is 6. The first-order valence-electron chi connectivity index (χ1n) is 7.00. The average Bonchev–Trinajstić information content (AvgIpc) is 2.80. The van der Waals surface area contributed by atoms with Gasteiger partial charge in [-0.2, -0.15) is 4.68 Å². The van der Waals surface area contributed by atoms with Crippen LogP contribution in [0.5, 0.6) is 0 Å². The van der Waals surface area contributed by atoms with Gasteiger partial charge >= 0.3 is 11.7 Å². The maximum Gasteiger partial charge on any atom is 0.358 e. The third-order valence-electron chi connectivity index (χ3n) is 3.45. The van der Waals surface area contributed by atoms with Crippen LogP contribution in [0.15, 0.2) is 4.79 Å². The van der Waals surface area contributed by atoms with Crippen molar-refractivity contribution in [3.63, 3.8) is 0 Å². The molecule has 0 spiro atoms. The summed E-state index contributed by atoms with van der Waals surface area (Å²) in [4.78, 5) is 27.5. The van der Waals surface area contributed by atoms with E-state index in [0.717, 1.165) is 23.9 Å². The highest BCUT2D eigenvalue weighted by atomic mass is 16.4. The van der Waals surface area contributed by atoms with Gasteiger partial charge in [-0.05, 0) is 5.92 Å². The molecule has 0 aromatic carbocycles. The van der Waals surface area contributed by atoms with Gasteiger partial charge in [0.05, 0.1) is 0 Å². The molecule has 2 heterocycles. The lowest BCUT2D eigenvalue weighted by atomic mass is 10.0. The van der Waals surface area contributed by atoms with Crippen LogP contribution >= 0.6 is 0 Å². The topological polar surface area (TPSA) is 102 Å². The normalized spacial score (nSPS) is 12.7. The molecule has 21 heavy (non-hydrogen) atoms. The summed E-state index contributed by atoms with van der Waals surface area (Å²) in [6.07, 6.45) is 3.73. The van der Waals surface area contributed by atoms with Gasteiger partial charge in [-0.1, -0.05) is 38.3 Å². The molecule has 0 saturated carbocycles. The van der Waals surface area contributed by atoms with E-state index in [2.05, 4.69) is 29.1 Å². The Morgan fingerprint density at radius 1 is 1.43 bits per heavy atom. The molecular weight excluding hydrogens is 274 g/mol. The van der Waals surface area contributed by atoms with E-state index >= 15 is 0 Å². The summed E-state index contributed by atoms with van der Waals surface area (Å²) in [6, 6.07) is 0. The zero-order chi connectivity index (χ0) is 15.6. The Hall–Kier alpha value is -2.25. The Bertz CT molecular complexity index is 718. The molecular formula is C13H19N5O3. The number of aromatic carboxylic acids is 1. The zero-order valence-electron chi connectivity index (χ0n) is 12.4. The third kappa shape index (κ3) is 2.93. The number of hydrogen-bond acceptors (Lipinski definition) is 5. The number of fused-ring (bicyclic) bond motifs is 1. The molecule has 0 bridgehead atoms. The van der Waals surface area contributed by atoms with Gasteiger partial charge in [0.25, 0.3) is 0 Å². The molecule has 0 radical (unpaired) electrons. The molecule has 0 aliphatic rings. The summed E-state index contributed by atoms with van der Waals surface area (Å²) >= 11 is 0. The summed E-state index contributed by atoms with van der Waals surface area (Å²) in [5, 5.41) is 16.6. The van der Waals surface area contributed by atoms with E-state index in [0.29, 0.717) is 18.2 Å². The minimum Gasteiger partial charge on any atom is -0.476 e. The number of carbonyl (C=O) groups is 1. The number of carboxylic acid groups (broad SMARTS) is 1. The Kier molecular flexibility index (Phi) is 4.35. The van der Waals surface area contributed by atoms with Gasteiger partial charge in [-0.3, -0.25) is 0 Å². The van der Waals surface area contributed by atoms with Crippen molar-refractivity contribution < 1.29 is 9.90 Å². The summed E-state index contributed by atoms with van der Waals surface area (Å²) in [7, 11) is 1.47. The van der Waals surface area contributed by atoms with Crippen molar-refractivity contribution in [3.8, 4) is 0 Å². The largest absolute Gasteiger partial charge is 0.476 e. The minimum atomic E-state index is -1.21. The van der Waals surface area contributed by atoms with Gasteiger partial charge in [-0.15, -0.1) is 5.10 Å². The number of nitrogens with zero attached hydrogens (tertiary/aromatic N) is 5. The fraction of sp³-hybridized carbons (Fsp3) is 0.615. The highest BCUT2D eigenvalue weighted by Crippen LogP contribution is 2.16. The Morgan fingerprint density at radius 2 is 2.14 bits per heavy atom. The SMILES string of the molecule is CCCCC(C)Cc1nc(C(=O)O)c2nnn(C)c(=O)n12.